The molecule has 0 aliphatic rings. The van der Waals surface area contributed by atoms with Crippen molar-refractivity contribution in [1.29, 1.82) is 0 Å². The normalized spacial score (nSPS) is 12.0. The van der Waals surface area contributed by atoms with Gasteiger partial charge in [-0.1, -0.05) is 18.2 Å². The van der Waals surface area contributed by atoms with Gasteiger partial charge in [0.05, 0.1) is 13.7 Å². The highest BCUT2D eigenvalue weighted by atomic mass is 16.5. The number of hydrogen-bond donors (Lipinski definition) is 2. The van der Waals surface area contributed by atoms with Crippen LogP contribution >= 0.6 is 0 Å². The fourth-order valence-electron chi connectivity index (χ4n) is 2.01. The monoisotopic (exact) mass is 287 g/mol. The van der Waals surface area contributed by atoms with Crippen LogP contribution in [-0.2, 0) is 6.61 Å². The fraction of sp³-hybridized carbons (Fsp3) is 0.294. The van der Waals surface area contributed by atoms with E-state index in [0.717, 1.165) is 11.3 Å². The highest BCUT2D eigenvalue weighted by molar-refractivity contribution is 5.45. The lowest BCUT2D eigenvalue weighted by atomic mass is 10.1. The third-order valence-electron chi connectivity index (χ3n) is 3.45. The lowest BCUT2D eigenvalue weighted by Crippen LogP contribution is -2.11. The van der Waals surface area contributed by atoms with Gasteiger partial charge in [-0.15, -0.1) is 0 Å². The van der Waals surface area contributed by atoms with Crippen LogP contribution in [0, 0.1) is 0 Å². The van der Waals surface area contributed by atoms with Gasteiger partial charge in [-0.25, -0.2) is 0 Å². The molecule has 0 fully saturated rings. The van der Waals surface area contributed by atoms with E-state index in [1.165, 1.54) is 5.56 Å². The van der Waals surface area contributed by atoms with Gasteiger partial charge in [-0.3, -0.25) is 0 Å². The van der Waals surface area contributed by atoms with Gasteiger partial charge in [0.15, 0.2) is 11.5 Å². The van der Waals surface area contributed by atoms with Crippen LogP contribution in [0.1, 0.15) is 24.1 Å². The van der Waals surface area contributed by atoms with Crippen LogP contribution in [0.4, 0.5) is 0 Å². The Morgan fingerprint density at radius 1 is 1.10 bits per heavy atom. The van der Waals surface area contributed by atoms with E-state index in [2.05, 4.69) is 12.2 Å². The van der Waals surface area contributed by atoms with Gasteiger partial charge in [0, 0.05) is 6.04 Å². The van der Waals surface area contributed by atoms with Crippen molar-refractivity contribution in [2.75, 3.05) is 14.2 Å². The lowest BCUT2D eigenvalue weighted by Gasteiger charge is -2.13. The number of ether oxygens (including phenoxy) is 2. The summed E-state index contributed by atoms with van der Waals surface area (Å²) >= 11 is 0. The van der Waals surface area contributed by atoms with Gasteiger partial charge in [0.25, 0.3) is 0 Å². The Labute approximate surface area is 125 Å². The molecule has 2 rings (SSSR count). The zero-order valence-electron chi connectivity index (χ0n) is 12.6. The number of rotatable bonds is 6. The van der Waals surface area contributed by atoms with Gasteiger partial charge in [0.1, 0.15) is 5.75 Å². The molecule has 21 heavy (non-hydrogen) atoms. The molecule has 0 radical (unpaired) electrons. The highest BCUT2D eigenvalue weighted by Crippen LogP contribution is 2.32. The van der Waals surface area contributed by atoms with Gasteiger partial charge in [0.2, 0.25) is 0 Å². The van der Waals surface area contributed by atoms with E-state index in [-0.39, 0.29) is 6.61 Å². The number of methoxy groups -OCH3 is 1. The second-order valence-corrected chi connectivity index (χ2v) is 4.82. The van der Waals surface area contributed by atoms with Crippen LogP contribution in [0.5, 0.6) is 17.2 Å². The predicted molar refractivity (Wildman–Crippen MR) is 82.9 cm³/mol. The third-order valence-corrected chi connectivity index (χ3v) is 3.45. The minimum absolute atomic E-state index is 0.0206. The number of benzene rings is 2. The van der Waals surface area contributed by atoms with E-state index in [0.29, 0.717) is 17.5 Å². The smallest absolute Gasteiger partial charge is 0.169 e. The van der Waals surface area contributed by atoms with E-state index in [4.69, 9.17) is 14.6 Å². The van der Waals surface area contributed by atoms with Crippen LogP contribution in [0.25, 0.3) is 0 Å². The van der Waals surface area contributed by atoms with Crippen LogP contribution < -0.4 is 14.8 Å². The maximum absolute atomic E-state index is 9.14. The maximum atomic E-state index is 9.14. The summed E-state index contributed by atoms with van der Waals surface area (Å²) in [6, 6.07) is 13.6. The second-order valence-electron chi connectivity index (χ2n) is 4.82. The Morgan fingerprint density at radius 2 is 1.81 bits per heavy atom. The molecule has 112 valence electrons. The highest BCUT2D eigenvalue weighted by Gasteiger charge is 2.08. The Balaban J connectivity index is 2.18. The van der Waals surface area contributed by atoms with Crippen LogP contribution in [0.3, 0.4) is 0 Å². The van der Waals surface area contributed by atoms with Crippen molar-refractivity contribution in [3.8, 4) is 17.2 Å². The number of nitrogens with one attached hydrogen (secondary N) is 1. The fourth-order valence-corrected chi connectivity index (χ4v) is 2.01. The summed E-state index contributed by atoms with van der Waals surface area (Å²) in [7, 11) is 3.52. The van der Waals surface area contributed by atoms with Gasteiger partial charge < -0.3 is 19.9 Å². The molecule has 2 aromatic rings. The third kappa shape index (κ3) is 3.74. The summed E-state index contributed by atoms with van der Waals surface area (Å²) in [5, 5.41) is 12.3. The second kappa shape index (κ2) is 7.11. The minimum atomic E-state index is -0.0206. The molecular formula is C17H21NO3. The first kappa shape index (κ1) is 15.4. The zero-order valence-corrected chi connectivity index (χ0v) is 12.6. The summed E-state index contributed by atoms with van der Waals surface area (Å²) < 4.78 is 11.1. The molecule has 0 aromatic heterocycles. The first-order chi connectivity index (χ1) is 10.2. The average molecular weight is 287 g/mol. The summed E-state index contributed by atoms with van der Waals surface area (Å²) in [6.07, 6.45) is 0. The van der Waals surface area contributed by atoms with Gasteiger partial charge >= 0.3 is 0 Å². The molecule has 0 saturated heterocycles. The van der Waals surface area contributed by atoms with Crippen molar-refractivity contribution in [2.24, 2.45) is 0 Å². The summed E-state index contributed by atoms with van der Waals surface area (Å²) in [5.41, 5.74) is 1.99. The average Bonchev–Trinajstić information content (AvgIpc) is 2.55. The van der Waals surface area contributed by atoms with Gasteiger partial charge in [-0.05, 0) is 49.4 Å². The molecule has 1 atom stereocenters. The van der Waals surface area contributed by atoms with E-state index >= 15 is 0 Å². The van der Waals surface area contributed by atoms with Crippen molar-refractivity contribution >= 4 is 0 Å². The molecule has 0 spiro atoms. The molecule has 1 unspecified atom stereocenters. The first-order valence-corrected chi connectivity index (χ1v) is 6.90. The molecule has 0 aliphatic carbocycles. The lowest BCUT2D eigenvalue weighted by molar-refractivity contribution is 0.280. The molecule has 4 nitrogen and oxygen atoms in total. The Bertz CT molecular complexity index is 581. The quantitative estimate of drug-likeness (QED) is 0.856. The first-order valence-electron chi connectivity index (χ1n) is 6.90. The molecule has 0 amide bonds. The summed E-state index contributed by atoms with van der Waals surface area (Å²) in [5.74, 6) is 1.98. The Morgan fingerprint density at radius 3 is 2.38 bits per heavy atom. The summed E-state index contributed by atoms with van der Waals surface area (Å²) in [4.78, 5) is 0. The Kier molecular flexibility index (Phi) is 5.20. The molecule has 0 bridgehead atoms. The van der Waals surface area contributed by atoms with Gasteiger partial charge in [-0.2, -0.15) is 0 Å². The molecule has 2 N–H and O–H groups in total. The molecule has 4 heteroatoms. The molecule has 2 aromatic carbocycles. The summed E-state index contributed by atoms with van der Waals surface area (Å²) in [6.45, 7) is 2.08. The number of hydrogen-bond acceptors (Lipinski definition) is 4. The standard InChI is InChI=1S/C17H21NO3/c1-12(18-2)14-5-7-15(8-6-14)21-16-9-4-13(11-19)10-17(16)20-3/h4-10,12,18-19H,11H2,1-3H3. The van der Waals surface area contributed by atoms with Crippen molar-refractivity contribution in [3.63, 3.8) is 0 Å². The van der Waals surface area contributed by atoms with Crippen LogP contribution in [0.15, 0.2) is 42.5 Å². The maximum Gasteiger partial charge on any atom is 0.169 e. The van der Waals surface area contributed by atoms with Crippen molar-refractivity contribution in [2.45, 2.75) is 19.6 Å². The SMILES string of the molecule is CNC(C)c1ccc(Oc2ccc(CO)cc2OC)cc1. The number of aliphatic hydroxyl groups excluding tert-OH is 1. The molecule has 0 saturated carbocycles. The zero-order chi connectivity index (χ0) is 15.2. The van der Waals surface area contributed by atoms with E-state index in [1.54, 1.807) is 19.2 Å². The van der Waals surface area contributed by atoms with E-state index in [1.807, 2.05) is 37.4 Å². The molecule has 0 heterocycles. The van der Waals surface area contributed by atoms with Crippen LogP contribution in [0.2, 0.25) is 0 Å². The van der Waals surface area contributed by atoms with Crippen molar-refractivity contribution < 1.29 is 14.6 Å². The predicted octanol–water partition coefficient (Wildman–Crippen LogP) is 3.26. The van der Waals surface area contributed by atoms with Crippen LogP contribution in [-0.4, -0.2) is 19.3 Å². The largest absolute Gasteiger partial charge is 0.493 e. The van der Waals surface area contributed by atoms with E-state index < -0.39 is 0 Å². The van der Waals surface area contributed by atoms with E-state index in [9.17, 15) is 0 Å². The number of aliphatic hydroxyl groups is 1. The van der Waals surface area contributed by atoms with Crippen molar-refractivity contribution in [3.05, 3.63) is 53.6 Å². The van der Waals surface area contributed by atoms with Crippen molar-refractivity contribution in [1.82, 2.24) is 5.32 Å². The molecular weight excluding hydrogens is 266 g/mol. The molecule has 0 aliphatic heterocycles. The topological polar surface area (TPSA) is 50.7 Å². The Hall–Kier alpha value is -2.04. The minimum Gasteiger partial charge on any atom is -0.493 e.